The smallest absolute Gasteiger partial charge is 0.407 e. The molecule has 0 radical (unpaired) electrons. The van der Waals surface area contributed by atoms with E-state index >= 15 is 0 Å². The van der Waals surface area contributed by atoms with Crippen LogP contribution in [0.3, 0.4) is 0 Å². The molecule has 3 aliphatic rings. The number of aliphatic carboxylic acids is 1. The van der Waals surface area contributed by atoms with Gasteiger partial charge >= 0.3 is 12.1 Å². The first-order valence-corrected chi connectivity index (χ1v) is 10.5. The predicted octanol–water partition coefficient (Wildman–Crippen LogP) is 3.79. The van der Waals surface area contributed by atoms with Crippen molar-refractivity contribution in [1.29, 1.82) is 0 Å². The molecule has 6 heteroatoms. The SMILES string of the molecule is CC1C2OCCC2C1(CC(=O)O)NC(=O)OCC1c2ccccc2-c2ccccc21. The highest BCUT2D eigenvalue weighted by molar-refractivity contribution is 5.79. The number of amides is 1. The van der Waals surface area contributed by atoms with Crippen LogP contribution in [0.1, 0.15) is 36.8 Å². The third-order valence-corrected chi connectivity index (χ3v) is 7.22. The third kappa shape index (κ3) is 2.82. The lowest BCUT2D eigenvalue weighted by Crippen LogP contribution is -2.72. The fraction of sp³-hybridized carbons (Fsp3) is 0.417. The van der Waals surface area contributed by atoms with Gasteiger partial charge in [-0.15, -0.1) is 0 Å². The van der Waals surface area contributed by atoms with Crippen LogP contribution in [0.25, 0.3) is 11.1 Å². The van der Waals surface area contributed by atoms with Crippen LogP contribution in [0.5, 0.6) is 0 Å². The van der Waals surface area contributed by atoms with E-state index in [0.29, 0.717) is 6.61 Å². The summed E-state index contributed by atoms with van der Waals surface area (Å²) >= 11 is 0. The Bertz CT molecular complexity index is 959. The van der Waals surface area contributed by atoms with Crippen LogP contribution in [-0.4, -0.2) is 42.0 Å². The predicted molar refractivity (Wildman–Crippen MR) is 110 cm³/mol. The molecule has 2 aliphatic carbocycles. The molecule has 6 nitrogen and oxygen atoms in total. The summed E-state index contributed by atoms with van der Waals surface area (Å²) in [5.74, 6) is -1.00. The summed E-state index contributed by atoms with van der Waals surface area (Å²) in [6.45, 7) is 2.76. The van der Waals surface area contributed by atoms with E-state index < -0.39 is 17.6 Å². The molecule has 1 aliphatic heterocycles. The van der Waals surface area contributed by atoms with Gasteiger partial charge in [0.1, 0.15) is 6.61 Å². The number of carboxylic acids is 1. The molecule has 1 amide bonds. The Balaban J connectivity index is 1.32. The van der Waals surface area contributed by atoms with E-state index in [1.165, 1.54) is 11.1 Å². The number of hydrogen-bond donors (Lipinski definition) is 2. The van der Waals surface area contributed by atoms with Gasteiger partial charge in [-0.25, -0.2) is 4.79 Å². The highest BCUT2D eigenvalue weighted by Gasteiger charge is 2.64. The standard InChI is InChI=1S/C24H25NO5/c1-14-22-20(10-11-29-22)24(14,12-21(26)27)25-23(28)30-13-19-17-8-4-2-6-15(17)16-7-3-5-9-18(16)19/h2-9,14,19-20,22H,10-13H2,1H3,(H,25,28)(H,26,27). The van der Waals surface area contributed by atoms with Gasteiger partial charge in [0.25, 0.3) is 0 Å². The lowest BCUT2D eigenvalue weighted by molar-refractivity contribution is -0.150. The van der Waals surface area contributed by atoms with Crippen molar-refractivity contribution in [2.24, 2.45) is 11.8 Å². The van der Waals surface area contributed by atoms with Crippen molar-refractivity contribution in [2.45, 2.75) is 37.3 Å². The van der Waals surface area contributed by atoms with Crippen molar-refractivity contribution in [2.75, 3.05) is 13.2 Å². The quantitative estimate of drug-likeness (QED) is 0.788. The van der Waals surface area contributed by atoms with Crippen molar-refractivity contribution in [3.05, 3.63) is 59.7 Å². The molecule has 0 aromatic heterocycles. The zero-order chi connectivity index (χ0) is 20.9. The van der Waals surface area contributed by atoms with Gasteiger partial charge in [-0.2, -0.15) is 0 Å². The van der Waals surface area contributed by atoms with E-state index in [1.54, 1.807) is 0 Å². The van der Waals surface area contributed by atoms with Crippen molar-refractivity contribution in [1.82, 2.24) is 5.32 Å². The number of carbonyl (C=O) groups excluding carboxylic acids is 1. The van der Waals surface area contributed by atoms with Gasteiger partial charge in [0.2, 0.25) is 0 Å². The van der Waals surface area contributed by atoms with E-state index in [-0.39, 0.29) is 36.9 Å². The Morgan fingerprint density at radius 3 is 2.40 bits per heavy atom. The summed E-state index contributed by atoms with van der Waals surface area (Å²) in [4.78, 5) is 24.3. The van der Waals surface area contributed by atoms with Crippen molar-refractivity contribution < 1.29 is 24.2 Å². The van der Waals surface area contributed by atoms with Crippen LogP contribution in [0.4, 0.5) is 4.79 Å². The summed E-state index contributed by atoms with van der Waals surface area (Å²) in [5.41, 5.74) is 3.82. The van der Waals surface area contributed by atoms with Crippen molar-refractivity contribution >= 4 is 12.1 Å². The number of nitrogens with one attached hydrogen (secondary N) is 1. The molecule has 1 heterocycles. The van der Waals surface area contributed by atoms with Gasteiger partial charge < -0.3 is 19.9 Å². The molecule has 4 atom stereocenters. The zero-order valence-corrected chi connectivity index (χ0v) is 16.8. The Labute approximate surface area is 175 Å². The molecule has 1 saturated carbocycles. The van der Waals surface area contributed by atoms with E-state index in [1.807, 2.05) is 31.2 Å². The number of ether oxygens (including phenoxy) is 2. The molecular weight excluding hydrogens is 382 g/mol. The summed E-state index contributed by atoms with van der Waals surface area (Å²) in [6, 6.07) is 16.3. The number of rotatable bonds is 5. The first-order chi connectivity index (χ1) is 14.5. The molecule has 2 aromatic rings. The van der Waals surface area contributed by atoms with Crippen LogP contribution in [0, 0.1) is 11.8 Å². The number of carboxylic acid groups (broad SMARTS) is 1. The molecule has 4 unspecified atom stereocenters. The molecule has 2 N–H and O–H groups in total. The summed E-state index contributed by atoms with van der Waals surface area (Å²) in [5, 5.41) is 12.4. The van der Waals surface area contributed by atoms with Gasteiger partial charge in [-0.3, -0.25) is 4.79 Å². The van der Waals surface area contributed by atoms with Crippen LogP contribution in [-0.2, 0) is 14.3 Å². The van der Waals surface area contributed by atoms with Gasteiger partial charge in [0, 0.05) is 24.4 Å². The van der Waals surface area contributed by atoms with Crippen LogP contribution < -0.4 is 5.32 Å². The van der Waals surface area contributed by atoms with Crippen molar-refractivity contribution in [3.63, 3.8) is 0 Å². The highest BCUT2D eigenvalue weighted by Crippen LogP contribution is 2.53. The average molecular weight is 407 g/mol. The van der Waals surface area contributed by atoms with E-state index in [9.17, 15) is 14.7 Å². The second kappa shape index (κ2) is 7.13. The Kier molecular flexibility index (Phi) is 4.54. The summed E-state index contributed by atoms with van der Waals surface area (Å²) in [7, 11) is 0. The van der Waals surface area contributed by atoms with E-state index in [4.69, 9.17) is 9.47 Å². The van der Waals surface area contributed by atoms with Crippen LogP contribution >= 0.6 is 0 Å². The first kappa shape index (κ1) is 19.1. The lowest BCUT2D eigenvalue weighted by Gasteiger charge is -2.56. The molecule has 0 bridgehead atoms. The number of hydrogen-bond acceptors (Lipinski definition) is 4. The summed E-state index contributed by atoms with van der Waals surface area (Å²) in [6.07, 6.45) is 0.0861. The second-order valence-corrected chi connectivity index (χ2v) is 8.58. The van der Waals surface area contributed by atoms with Gasteiger partial charge in [-0.1, -0.05) is 55.5 Å². The van der Waals surface area contributed by atoms with E-state index in [2.05, 4.69) is 29.6 Å². The largest absolute Gasteiger partial charge is 0.481 e. The molecule has 0 spiro atoms. The molecule has 1 saturated heterocycles. The van der Waals surface area contributed by atoms with Gasteiger partial charge in [-0.05, 0) is 28.7 Å². The van der Waals surface area contributed by atoms with Crippen molar-refractivity contribution in [3.8, 4) is 11.1 Å². The second-order valence-electron chi connectivity index (χ2n) is 8.58. The van der Waals surface area contributed by atoms with Crippen LogP contribution in [0.2, 0.25) is 0 Å². The maximum absolute atomic E-state index is 12.8. The van der Waals surface area contributed by atoms with Gasteiger partial charge in [0.05, 0.1) is 18.1 Å². The highest BCUT2D eigenvalue weighted by atomic mass is 16.5. The minimum absolute atomic E-state index is 0.0123. The molecule has 2 aromatic carbocycles. The lowest BCUT2D eigenvalue weighted by atomic mass is 9.55. The monoisotopic (exact) mass is 407 g/mol. The Morgan fingerprint density at radius 2 is 1.77 bits per heavy atom. The van der Waals surface area contributed by atoms with Crippen LogP contribution in [0.15, 0.2) is 48.5 Å². The molecule has 156 valence electrons. The summed E-state index contributed by atoms with van der Waals surface area (Å²) < 4.78 is 11.4. The molecule has 2 fully saturated rings. The minimum atomic E-state index is -0.925. The molecule has 5 rings (SSSR count). The van der Waals surface area contributed by atoms with Gasteiger partial charge in [0.15, 0.2) is 0 Å². The molecular formula is C24H25NO5. The minimum Gasteiger partial charge on any atom is -0.481 e. The normalized spacial score (nSPS) is 28.8. The first-order valence-electron chi connectivity index (χ1n) is 10.5. The Hall–Kier alpha value is -2.86. The number of alkyl carbamates (subject to hydrolysis) is 1. The van der Waals surface area contributed by atoms with E-state index in [0.717, 1.165) is 17.5 Å². The topological polar surface area (TPSA) is 84.9 Å². The maximum Gasteiger partial charge on any atom is 0.407 e. The number of fused-ring (bicyclic) bond motifs is 4. The fourth-order valence-electron chi connectivity index (χ4n) is 5.78. The maximum atomic E-state index is 12.8. The fourth-order valence-corrected chi connectivity index (χ4v) is 5.78. The zero-order valence-electron chi connectivity index (χ0n) is 16.8. The number of benzene rings is 2. The molecule has 30 heavy (non-hydrogen) atoms. The average Bonchev–Trinajstić information content (AvgIpc) is 3.33. The number of carbonyl (C=O) groups is 2. The third-order valence-electron chi connectivity index (χ3n) is 7.22. The Morgan fingerprint density at radius 1 is 1.13 bits per heavy atom.